The molecule has 17 heavy (non-hydrogen) atoms. The van der Waals surface area contributed by atoms with Gasteiger partial charge in [0.2, 0.25) is 5.91 Å². The van der Waals surface area contributed by atoms with Gasteiger partial charge in [-0.1, -0.05) is 0 Å². The van der Waals surface area contributed by atoms with E-state index in [-0.39, 0.29) is 5.25 Å². The number of carbonyl (C=O) groups is 1. The molecule has 0 aromatic rings. The summed E-state index contributed by atoms with van der Waals surface area (Å²) in [5.41, 5.74) is 0. The number of amides is 1. The third-order valence-corrected chi connectivity index (χ3v) is 4.81. The Labute approximate surface area is 107 Å². The van der Waals surface area contributed by atoms with E-state index >= 15 is 0 Å². The van der Waals surface area contributed by atoms with Gasteiger partial charge in [0.25, 0.3) is 0 Å². The third kappa shape index (κ3) is 3.86. The maximum absolute atomic E-state index is 12.2. The van der Waals surface area contributed by atoms with E-state index in [2.05, 4.69) is 5.32 Å². The van der Waals surface area contributed by atoms with Gasteiger partial charge in [-0.3, -0.25) is 4.79 Å². The Kier molecular flexibility index (Phi) is 5.13. The minimum Gasteiger partial charge on any atom is -0.381 e. The first kappa shape index (κ1) is 13.2. The van der Waals surface area contributed by atoms with Crippen molar-refractivity contribution in [3.8, 4) is 0 Å². The lowest BCUT2D eigenvalue weighted by molar-refractivity contribution is -0.130. The Morgan fingerprint density at radius 2 is 2.00 bits per heavy atom. The molecule has 2 heterocycles. The zero-order chi connectivity index (χ0) is 12.1. The summed E-state index contributed by atoms with van der Waals surface area (Å²) in [5, 5.41) is 3.97. The standard InChI is InChI=1S/C12H22N2O2S/c1-10(17-11-2-8-16-9-3-11)12(15)14-6-4-13-5-7-14/h10-11,13H,2-9H2,1H3. The number of carbonyl (C=O) groups excluding carboxylic acids is 1. The van der Waals surface area contributed by atoms with Crippen molar-refractivity contribution < 1.29 is 9.53 Å². The molecule has 0 aromatic carbocycles. The van der Waals surface area contributed by atoms with E-state index in [1.165, 1.54) is 0 Å². The van der Waals surface area contributed by atoms with Crippen molar-refractivity contribution in [1.29, 1.82) is 0 Å². The molecule has 1 amide bonds. The number of rotatable bonds is 3. The molecule has 1 atom stereocenters. The number of ether oxygens (including phenoxy) is 1. The summed E-state index contributed by atoms with van der Waals surface area (Å²) in [5.74, 6) is 0.308. The van der Waals surface area contributed by atoms with Gasteiger partial charge in [0.15, 0.2) is 0 Å². The van der Waals surface area contributed by atoms with Crippen LogP contribution in [0.1, 0.15) is 19.8 Å². The summed E-state index contributed by atoms with van der Waals surface area (Å²) in [6.07, 6.45) is 2.17. The molecule has 0 radical (unpaired) electrons. The predicted octanol–water partition coefficient (Wildman–Crippen LogP) is 0.719. The lowest BCUT2D eigenvalue weighted by atomic mass is 10.2. The van der Waals surface area contributed by atoms with Crippen molar-refractivity contribution in [3.05, 3.63) is 0 Å². The number of piperazine rings is 1. The molecule has 1 N–H and O–H groups in total. The van der Waals surface area contributed by atoms with Crippen molar-refractivity contribution in [2.45, 2.75) is 30.3 Å². The first-order valence-electron chi connectivity index (χ1n) is 6.50. The fourth-order valence-corrected chi connectivity index (χ4v) is 3.61. The molecule has 2 aliphatic heterocycles. The molecule has 1 unspecified atom stereocenters. The summed E-state index contributed by atoms with van der Waals surface area (Å²) < 4.78 is 5.34. The van der Waals surface area contributed by atoms with E-state index in [1.54, 1.807) is 0 Å². The number of hydrogen-bond acceptors (Lipinski definition) is 4. The Balaban J connectivity index is 1.77. The first-order chi connectivity index (χ1) is 8.27. The Morgan fingerprint density at radius 3 is 2.65 bits per heavy atom. The van der Waals surface area contributed by atoms with Crippen LogP contribution in [0.5, 0.6) is 0 Å². The molecule has 0 aliphatic carbocycles. The van der Waals surface area contributed by atoms with E-state index in [0.717, 1.165) is 52.2 Å². The van der Waals surface area contributed by atoms with Crippen LogP contribution in [0.4, 0.5) is 0 Å². The Hall–Kier alpha value is -0.260. The minimum atomic E-state index is 0.0937. The molecular weight excluding hydrogens is 236 g/mol. The van der Waals surface area contributed by atoms with E-state index in [1.807, 2.05) is 23.6 Å². The Bertz CT molecular complexity index is 251. The van der Waals surface area contributed by atoms with Gasteiger partial charge in [-0.25, -0.2) is 0 Å². The summed E-state index contributed by atoms with van der Waals surface area (Å²) >= 11 is 1.83. The largest absolute Gasteiger partial charge is 0.381 e. The summed E-state index contributed by atoms with van der Waals surface area (Å²) in [6.45, 7) is 7.33. The molecule has 98 valence electrons. The molecule has 0 bridgehead atoms. The minimum absolute atomic E-state index is 0.0937. The second-order valence-electron chi connectivity index (χ2n) is 4.67. The van der Waals surface area contributed by atoms with Crippen molar-refractivity contribution in [1.82, 2.24) is 10.2 Å². The summed E-state index contributed by atoms with van der Waals surface area (Å²) in [7, 11) is 0. The van der Waals surface area contributed by atoms with Crippen LogP contribution >= 0.6 is 11.8 Å². The van der Waals surface area contributed by atoms with Crippen molar-refractivity contribution >= 4 is 17.7 Å². The number of thioether (sulfide) groups is 1. The van der Waals surface area contributed by atoms with Crippen LogP contribution in [-0.2, 0) is 9.53 Å². The average molecular weight is 258 g/mol. The lowest BCUT2D eigenvalue weighted by Crippen LogP contribution is -2.49. The van der Waals surface area contributed by atoms with Gasteiger partial charge in [0.1, 0.15) is 0 Å². The van der Waals surface area contributed by atoms with E-state index in [4.69, 9.17) is 4.74 Å². The molecule has 2 saturated heterocycles. The molecule has 0 saturated carbocycles. The highest BCUT2D eigenvalue weighted by Gasteiger charge is 2.25. The monoisotopic (exact) mass is 258 g/mol. The highest BCUT2D eigenvalue weighted by atomic mass is 32.2. The maximum Gasteiger partial charge on any atom is 0.235 e. The molecule has 2 fully saturated rings. The van der Waals surface area contributed by atoms with Gasteiger partial charge in [0, 0.05) is 44.6 Å². The molecular formula is C12H22N2O2S. The fraction of sp³-hybridized carbons (Fsp3) is 0.917. The lowest BCUT2D eigenvalue weighted by Gasteiger charge is -2.31. The quantitative estimate of drug-likeness (QED) is 0.810. The first-order valence-corrected chi connectivity index (χ1v) is 7.44. The summed E-state index contributed by atoms with van der Waals surface area (Å²) in [6, 6.07) is 0. The molecule has 4 nitrogen and oxygen atoms in total. The van der Waals surface area contributed by atoms with Crippen LogP contribution in [-0.4, -0.2) is 60.7 Å². The van der Waals surface area contributed by atoms with Gasteiger partial charge in [0.05, 0.1) is 5.25 Å². The van der Waals surface area contributed by atoms with Gasteiger partial charge in [-0.2, -0.15) is 0 Å². The topological polar surface area (TPSA) is 41.6 Å². The van der Waals surface area contributed by atoms with E-state index in [0.29, 0.717) is 11.2 Å². The molecule has 2 rings (SSSR count). The van der Waals surface area contributed by atoms with Crippen LogP contribution in [0.2, 0.25) is 0 Å². The van der Waals surface area contributed by atoms with Gasteiger partial charge in [-0.15, -0.1) is 11.8 Å². The van der Waals surface area contributed by atoms with Crippen LogP contribution < -0.4 is 5.32 Å². The van der Waals surface area contributed by atoms with Crippen molar-refractivity contribution in [2.75, 3.05) is 39.4 Å². The smallest absolute Gasteiger partial charge is 0.235 e. The van der Waals surface area contributed by atoms with Crippen molar-refractivity contribution in [3.63, 3.8) is 0 Å². The summed E-state index contributed by atoms with van der Waals surface area (Å²) in [4.78, 5) is 14.2. The van der Waals surface area contributed by atoms with Crippen LogP contribution in [0.25, 0.3) is 0 Å². The van der Waals surface area contributed by atoms with E-state index < -0.39 is 0 Å². The van der Waals surface area contributed by atoms with Crippen LogP contribution in [0, 0.1) is 0 Å². The van der Waals surface area contributed by atoms with Crippen LogP contribution in [0.3, 0.4) is 0 Å². The Morgan fingerprint density at radius 1 is 1.35 bits per heavy atom. The molecule has 0 spiro atoms. The highest BCUT2D eigenvalue weighted by Crippen LogP contribution is 2.27. The van der Waals surface area contributed by atoms with Gasteiger partial charge < -0.3 is 15.0 Å². The molecule has 0 aromatic heterocycles. The number of nitrogens with zero attached hydrogens (tertiary/aromatic N) is 1. The number of hydrogen-bond donors (Lipinski definition) is 1. The normalized spacial score (nSPS) is 24.6. The highest BCUT2D eigenvalue weighted by molar-refractivity contribution is 8.01. The second kappa shape index (κ2) is 6.61. The maximum atomic E-state index is 12.2. The number of nitrogens with one attached hydrogen (secondary N) is 1. The van der Waals surface area contributed by atoms with Crippen LogP contribution in [0.15, 0.2) is 0 Å². The zero-order valence-electron chi connectivity index (χ0n) is 10.5. The average Bonchev–Trinajstić information content (AvgIpc) is 2.40. The third-order valence-electron chi connectivity index (χ3n) is 3.34. The second-order valence-corrected chi connectivity index (χ2v) is 6.31. The molecule has 2 aliphatic rings. The molecule has 5 heteroatoms. The zero-order valence-corrected chi connectivity index (χ0v) is 11.3. The van der Waals surface area contributed by atoms with E-state index in [9.17, 15) is 4.79 Å². The van der Waals surface area contributed by atoms with Gasteiger partial charge >= 0.3 is 0 Å². The SMILES string of the molecule is CC(SC1CCOCC1)C(=O)N1CCNCC1. The van der Waals surface area contributed by atoms with Crippen molar-refractivity contribution in [2.24, 2.45) is 0 Å². The fourth-order valence-electron chi connectivity index (χ4n) is 2.30. The predicted molar refractivity (Wildman–Crippen MR) is 70.3 cm³/mol. The van der Waals surface area contributed by atoms with Gasteiger partial charge in [-0.05, 0) is 19.8 Å².